The highest BCUT2D eigenvalue weighted by atomic mass is 79.9. The highest BCUT2D eigenvalue weighted by Gasteiger charge is 2.25. The SMILES string of the molecule is NNc1ncnc(NCC2CCCC2O)c1Br. The van der Waals surface area contributed by atoms with E-state index in [1.54, 1.807) is 0 Å². The number of halogens is 1. The minimum Gasteiger partial charge on any atom is -0.393 e. The molecule has 6 nitrogen and oxygen atoms in total. The number of hydrogen-bond acceptors (Lipinski definition) is 6. The Morgan fingerprint density at radius 3 is 2.82 bits per heavy atom. The molecule has 0 bridgehead atoms. The maximum atomic E-state index is 9.72. The summed E-state index contributed by atoms with van der Waals surface area (Å²) in [4.78, 5) is 8.10. The maximum absolute atomic E-state index is 9.72. The molecule has 0 aliphatic heterocycles. The summed E-state index contributed by atoms with van der Waals surface area (Å²) in [7, 11) is 0. The number of anilines is 2. The van der Waals surface area contributed by atoms with Gasteiger partial charge in [-0.05, 0) is 28.8 Å². The van der Waals surface area contributed by atoms with Gasteiger partial charge in [-0.25, -0.2) is 15.8 Å². The lowest BCUT2D eigenvalue weighted by atomic mass is 10.1. The van der Waals surface area contributed by atoms with Crippen molar-refractivity contribution in [2.45, 2.75) is 25.4 Å². The molecule has 1 aliphatic rings. The van der Waals surface area contributed by atoms with Crippen LogP contribution in [0.2, 0.25) is 0 Å². The minimum absolute atomic E-state index is 0.199. The molecule has 2 atom stereocenters. The largest absolute Gasteiger partial charge is 0.393 e. The summed E-state index contributed by atoms with van der Waals surface area (Å²) in [5.74, 6) is 6.84. The normalized spacial score (nSPS) is 23.7. The van der Waals surface area contributed by atoms with Gasteiger partial charge in [-0.3, -0.25) is 0 Å². The van der Waals surface area contributed by atoms with Gasteiger partial charge in [0.05, 0.1) is 6.10 Å². The number of nitrogen functional groups attached to an aromatic ring is 1. The quantitative estimate of drug-likeness (QED) is 0.491. The molecule has 0 amide bonds. The maximum Gasteiger partial charge on any atom is 0.159 e. The lowest BCUT2D eigenvalue weighted by molar-refractivity contribution is 0.138. The van der Waals surface area contributed by atoms with Crippen LogP contribution in [0, 0.1) is 5.92 Å². The number of aliphatic hydroxyl groups excluding tert-OH is 1. The zero-order chi connectivity index (χ0) is 12.3. The summed E-state index contributed by atoms with van der Waals surface area (Å²) in [5, 5.41) is 12.9. The van der Waals surface area contributed by atoms with Crippen LogP contribution < -0.4 is 16.6 Å². The first-order valence-corrected chi connectivity index (χ1v) is 6.40. The number of nitrogens with two attached hydrogens (primary N) is 1. The van der Waals surface area contributed by atoms with Gasteiger partial charge in [0.2, 0.25) is 0 Å². The van der Waals surface area contributed by atoms with Crippen molar-refractivity contribution in [1.29, 1.82) is 0 Å². The number of hydrazine groups is 1. The molecule has 94 valence electrons. The van der Waals surface area contributed by atoms with Crippen LogP contribution in [0.15, 0.2) is 10.8 Å². The van der Waals surface area contributed by atoms with E-state index < -0.39 is 0 Å². The second-order valence-electron chi connectivity index (χ2n) is 4.17. The number of aliphatic hydroxyl groups is 1. The lowest BCUT2D eigenvalue weighted by Crippen LogP contribution is -2.22. The second kappa shape index (κ2) is 5.61. The Kier molecular flexibility index (Phi) is 4.14. The molecule has 1 saturated carbocycles. The van der Waals surface area contributed by atoms with Gasteiger partial charge in [-0.2, -0.15) is 0 Å². The molecule has 2 rings (SSSR count). The molecule has 2 unspecified atom stereocenters. The third-order valence-electron chi connectivity index (χ3n) is 3.08. The van der Waals surface area contributed by atoms with Crippen LogP contribution in [0.25, 0.3) is 0 Å². The molecule has 0 radical (unpaired) electrons. The Morgan fingerprint density at radius 1 is 1.41 bits per heavy atom. The van der Waals surface area contributed by atoms with Crippen LogP contribution in [0.4, 0.5) is 11.6 Å². The third kappa shape index (κ3) is 2.85. The molecule has 1 aliphatic carbocycles. The van der Waals surface area contributed by atoms with Crippen LogP contribution in [0.1, 0.15) is 19.3 Å². The highest BCUT2D eigenvalue weighted by molar-refractivity contribution is 9.10. The van der Waals surface area contributed by atoms with Gasteiger partial charge in [0.25, 0.3) is 0 Å². The minimum atomic E-state index is -0.199. The Labute approximate surface area is 108 Å². The van der Waals surface area contributed by atoms with Crippen molar-refractivity contribution >= 4 is 27.6 Å². The fourth-order valence-corrected chi connectivity index (χ4v) is 2.54. The zero-order valence-electron chi connectivity index (χ0n) is 9.36. The molecule has 1 fully saturated rings. The fourth-order valence-electron chi connectivity index (χ4n) is 2.08. The van der Waals surface area contributed by atoms with Gasteiger partial charge in [0.1, 0.15) is 16.6 Å². The molecule has 1 aromatic rings. The van der Waals surface area contributed by atoms with Crippen LogP contribution >= 0.6 is 15.9 Å². The van der Waals surface area contributed by atoms with Gasteiger partial charge in [-0.15, -0.1) is 0 Å². The summed E-state index contributed by atoms with van der Waals surface area (Å²) < 4.78 is 0.704. The van der Waals surface area contributed by atoms with E-state index in [-0.39, 0.29) is 6.10 Å². The summed E-state index contributed by atoms with van der Waals surface area (Å²) in [6, 6.07) is 0. The first-order valence-electron chi connectivity index (χ1n) is 5.61. The molecular weight excluding hydrogens is 286 g/mol. The molecule has 7 heteroatoms. The zero-order valence-corrected chi connectivity index (χ0v) is 10.9. The molecule has 0 aromatic carbocycles. The van der Waals surface area contributed by atoms with Gasteiger partial charge in [-0.1, -0.05) is 6.42 Å². The van der Waals surface area contributed by atoms with Crippen LogP contribution in [0.3, 0.4) is 0 Å². The molecule has 0 spiro atoms. The summed E-state index contributed by atoms with van der Waals surface area (Å²) in [5.41, 5.74) is 2.49. The number of nitrogens with zero attached hydrogens (tertiary/aromatic N) is 2. The third-order valence-corrected chi connectivity index (χ3v) is 3.83. The average molecular weight is 302 g/mol. The number of aromatic nitrogens is 2. The molecule has 5 N–H and O–H groups in total. The predicted octanol–water partition coefficient (Wildman–Crippen LogP) is 1.10. The van der Waals surface area contributed by atoms with E-state index in [0.717, 1.165) is 19.3 Å². The van der Waals surface area contributed by atoms with E-state index >= 15 is 0 Å². The van der Waals surface area contributed by atoms with Crippen molar-refractivity contribution in [3.63, 3.8) is 0 Å². The van der Waals surface area contributed by atoms with E-state index in [1.807, 2.05) is 0 Å². The molecule has 1 aromatic heterocycles. The Bertz CT molecular complexity index is 389. The summed E-state index contributed by atoms with van der Waals surface area (Å²) in [6.07, 6.45) is 4.28. The topological polar surface area (TPSA) is 96.1 Å². The van der Waals surface area contributed by atoms with Gasteiger partial charge >= 0.3 is 0 Å². The molecule has 17 heavy (non-hydrogen) atoms. The number of hydrogen-bond donors (Lipinski definition) is 4. The van der Waals surface area contributed by atoms with E-state index in [4.69, 9.17) is 5.84 Å². The number of nitrogens with one attached hydrogen (secondary N) is 2. The molecule has 1 heterocycles. The monoisotopic (exact) mass is 301 g/mol. The first-order chi connectivity index (χ1) is 8.22. The molecule has 0 saturated heterocycles. The fraction of sp³-hybridized carbons (Fsp3) is 0.600. The van der Waals surface area contributed by atoms with E-state index in [0.29, 0.717) is 28.6 Å². The van der Waals surface area contributed by atoms with Crippen molar-refractivity contribution in [2.24, 2.45) is 11.8 Å². The lowest BCUT2D eigenvalue weighted by Gasteiger charge is -2.16. The van der Waals surface area contributed by atoms with E-state index in [2.05, 4.69) is 36.6 Å². The first kappa shape index (κ1) is 12.5. The summed E-state index contributed by atoms with van der Waals surface area (Å²) >= 11 is 3.37. The average Bonchev–Trinajstić information content (AvgIpc) is 2.74. The molecular formula is C10H16BrN5O. The van der Waals surface area contributed by atoms with Gasteiger partial charge < -0.3 is 15.8 Å². The van der Waals surface area contributed by atoms with E-state index in [9.17, 15) is 5.11 Å². The Hall–Kier alpha value is -0.920. The van der Waals surface area contributed by atoms with Crippen molar-refractivity contribution in [2.75, 3.05) is 17.3 Å². The highest BCUT2D eigenvalue weighted by Crippen LogP contribution is 2.28. The van der Waals surface area contributed by atoms with Crippen molar-refractivity contribution in [1.82, 2.24) is 9.97 Å². The van der Waals surface area contributed by atoms with Gasteiger partial charge in [0.15, 0.2) is 5.82 Å². The van der Waals surface area contributed by atoms with Crippen molar-refractivity contribution in [3.8, 4) is 0 Å². The number of rotatable bonds is 4. The second-order valence-corrected chi connectivity index (χ2v) is 4.96. The van der Waals surface area contributed by atoms with Crippen LogP contribution in [0.5, 0.6) is 0 Å². The van der Waals surface area contributed by atoms with Crippen LogP contribution in [-0.2, 0) is 0 Å². The summed E-state index contributed by atoms with van der Waals surface area (Å²) in [6.45, 7) is 0.709. The Balaban J connectivity index is 1.99. The van der Waals surface area contributed by atoms with E-state index in [1.165, 1.54) is 6.33 Å². The Morgan fingerprint density at radius 2 is 2.18 bits per heavy atom. The van der Waals surface area contributed by atoms with Crippen molar-refractivity contribution < 1.29 is 5.11 Å². The van der Waals surface area contributed by atoms with Gasteiger partial charge in [0, 0.05) is 12.5 Å². The smallest absolute Gasteiger partial charge is 0.159 e. The van der Waals surface area contributed by atoms with Crippen molar-refractivity contribution in [3.05, 3.63) is 10.8 Å². The predicted molar refractivity (Wildman–Crippen MR) is 69.4 cm³/mol. The van der Waals surface area contributed by atoms with Crippen LogP contribution in [-0.4, -0.2) is 27.7 Å². The standard InChI is InChI=1S/C10H16BrN5O/c11-8-9(14-5-15-10(8)16-12)13-4-6-2-1-3-7(6)17/h5-7,17H,1-4,12H2,(H2,13,14,15,16).